The van der Waals surface area contributed by atoms with E-state index in [0.717, 1.165) is 19.6 Å². The Bertz CT molecular complexity index is 372. The molecule has 0 radical (unpaired) electrons. The van der Waals surface area contributed by atoms with Crippen LogP contribution in [0.4, 0.5) is 0 Å². The van der Waals surface area contributed by atoms with Crippen molar-refractivity contribution < 1.29 is 5.11 Å². The Kier molecular flexibility index (Phi) is 3.40. The molecule has 1 saturated heterocycles. The van der Waals surface area contributed by atoms with Crippen LogP contribution >= 0.6 is 0 Å². The lowest BCUT2D eigenvalue weighted by Crippen LogP contribution is -2.60. The van der Waals surface area contributed by atoms with Gasteiger partial charge in [0.2, 0.25) is 0 Å². The minimum Gasteiger partial charge on any atom is -0.508 e. The van der Waals surface area contributed by atoms with Crippen LogP contribution in [0.15, 0.2) is 24.3 Å². The van der Waals surface area contributed by atoms with E-state index in [0.29, 0.717) is 11.8 Å². The molecule has 0 aromatic heterocycles. The predicted molar refractivity (Wildman–Crippen MR) is 70.1 cm³/mol. The van der Waals surface area contributed by atoms with Gasteiger partial charge in [0.15, 0.2) is 0 Å². The van der Waals surface area contributed by atoms with Crippen LogP contribution < -0.4 is 5.32 Å². The summed E-state index contributed by atoms with van der Waals surface area (Å²) in [5.41, 5.74) is 1.44. The van der Waals surface area contributed by atoms with Gasteiger partial charge in [-0.2, -0.15) is 0 Å². The number of aromatic hydroxyl groups is 1. The summed E-state index contributed by atoms with van der Waals surface area (Å²) in [5, 5.41) is 12.8. The van der Waals surface area contributed by atoms with E-state index < -0.39 is 0 Å². The maximum Gasteiger partial charge on any atom is 0.115 e. The van der Waals surface area contributed by atoms with Crippen molar-refractivity contribution in [2.45, 2.75) is 38.9 Å². The van der Waals surface area contributed by atoms with Gasteiger partial charge < -0.3 is 10.4 Å². The fraction of sp³-hybridized carbons (Fsp3) is 0.571. The van der Waals surface area contributed by atoms with Crippen LogP contribution in [0.5, 0.6) is 5.75 Å². The Morgan fingerprint density at radius 1 is 1.35 bits per heavy atom. The summed E-state index contributed by atoms with van der Waals surface area (Å²) in [5.74, 6) is 0.336. The molecule has 3 nitrogen and oxygen atoms in total. The van der Waals surface area contributed by atoms with Crippen molar-refractivity contribution in [1.82, 2.24) is 10.2 Å². The number of nitrogens with zero attached hydrogens (tertiary/aromatic N) is 1. The van der Waals surface area contributed by atoms with Gasteiger partial charge in [-0.05, 0) is 38.5 Å². The summed E-state index contributed by atoms with van der Waals surface area (Å²) in [4.78, 5) is 2.49. The summed E-state index contributed by atoms with van der Waals surface area (Å²) in [6, 6.07) is 8.06. The Hall–Kier alpha value is -1.06. The molecule has 1 atom stereocenters. The highest BCUT2D eigenvalue weighted by Crippen LogP contribution is 2.19. The lowest BCUT2D eigenvalue weighted by Gasteiger charge is -2.43. The number of piperazine rings is 1. The zero-order valence-corrected chi connectivity index (χ0v) is 10.9. The van der Waals surface area contributed by atoms with Crippen molar-refractivity contribution in [2.75, 3.05) is 13.1 Å². The minimum absolute atomic E-state index is 0.184. The van der Waals surface area contributed by atoms with Gasteiger partial charge in [-0.1, -0.05) is 12.1 Å². The molecule has 0 aliphatic carbocycles. The quantitative estimate of drug-likeness (QED) is 0.821. The standard InChI is InChI=1S/C14H22N2O/c1-11-8-15-14(2,3)10-16(11)9-12-4-6-13(17)7-5-12/h4-7,11,15,17H,8-10H2,1-3H3. The first-order chi connectivity index (χ1) is 7.96. The Labute approximate surface area is 103 Å². The third-order valence-corrected chi connectivity index (χ3v) is 3.42. The molecule has 1 fully saturated rings. The highest BCUT2D eigenvalue weighted by atomic mass is 16.3. The van der Waals surface area contributed by atoms with Gasteiger partial charge in [0.05, 0.1) is 0 Å². The van der Waals surface area contributed by atoms with Crippen LogP contribution in [0.25, 0.3) is 0 Å². The number of phenols is 1. The molecule has 1 heterocycles. The zero-order valence-electron chi connectivity index (χ0n) is 10.9. The lowest BCUT2D eigenvalue weighted by molar-refractivity contribution is 0.0977. The van der Waals surface area contributed by atoms with Gasteiger partial charge >= 0.3 is 0 Å². The molecule has 1 aromatic carbocycles. The summed E-state index contributed by atoms with van der Waals surface area (Å²) < 4.78 is 0. The summed E-state index contributed by atoms with van der Waals surface area (Å²) in [7, 11) is 0. The molecule has 0 amide bonds. The second-order valence-corrected chi connectivity index (χ2v) is 5.69. The number of hydrogen-bond acceptors (Lipinski definition) is 3. The molecule has 1 aliphatic heterocycles. The van der Waals surface area contributed by atoms with Gasteiger partial charge in [0.1, 0.15) is 5.75 Å². The van der Waals surface area contributed by atoms with E-state index in [4.69, 9.17) is 0 Å². The Morgan fingerprint density at radius 2 is 2.00 bits per heavy atom. The normalized spacial score (nSPS) is 24.8. The minimum atomic E-state index is 0.184. The second kappa shape index (κ2) is 4.67. The molecule has 0 spiro atoms. The van der Waals surface area contributed by atoms with E-state index in [1.54, 1.807) is 12.1 Å². The SMILES string of the molecule is CC1CNC(C)(C)CN1Cc1ccc(O)cc1. The predicted octanol–water partition coefficient (Wildman–Crippen LogP) is 1.96. The van der Waals surface area contributed by atoms with E-state index in [-0.39, 0.29) is 5.54 Å². The van der Waals surface area contributed by atoms with Crippen molar-refractivity contribution >= 4 is 0 Å². The second-order valence-electron chi connectivity index (χ2n) is 5.69. The van der Waals surface area contributed by atoms with Crippen LogP contribution in [0.1, 0.15) is 26.3 Å². The first kappa shape index (κ1) is 12.4. The number of rotatable bonds is 2. The van der Waals surface area contributed by atoms with Crippen LogP contribution in [-0.2, 0) is 6.54 Å². The molecular formula is C14H22N2O. The van der Waals surface area contributed by atoms with Crippen LogP contribution in [0, 0.1) is 0 Å². The van der Waals surface area contributed by atoms with Gasteiger partial charge in [-0.25, -0.2) is 0 Å². The van der Waals surface area contributed by atoms with Crippen LogP contribution in [0.3, 0.4) is 0 Å². The Morgan fingerprint density at radius 3 is 2.65 bits per heavy atom. The van der Waals surface area contributed by atoms with Gasteiger partial charge in [-0.15, -0.1) is 0 Å². The van der Waals surface area contributed by atoms with Crippen molar-refractivity contribution in [3.05, 3.63) is 29.8 Å². The van der Waals surface area contributed by atoms with Crippen LogP contribution in [-0.4, -0.2) is 34.7 Å². The highest BCUT2D eigenvalue weighted by molar-refractivity contribution is 5.25. The van der Waals surface area contributed by atoms with E-state index in [9.17, 15) is 5.11 Å². The third-order valence-electron chi connectivity index (χ3n) is 3.42. The summed E-state index contributed by atoms with van der Waals surface area (Å²) in [6.07, 6.45) is 0. The maximum absolute atomic E-state index is 9.27. The molecule has 1 aromatic rings. The van der Waals surface area contributed by atoms with Crippen molar-refractivity contribution in [1.29, 1.82) is 0 Å². The number of nitrogens with one attached hydrogen (secondary N) is 1. The topological polar surface area (TPSA) is 35.5 Å². The van der Waals surface area contributed by atoms with E-state index in [2.05, 4.69) is 31.0 Å². The first-order valence-corrected chi connectivity index (χ1v) is 6.23. The largest absolute Gasteiger partial charge is 0.508 e. The zero-order chi connectivity index (χ0) is 12.5. The highest BCUT2D eigenvalue weighted by Gasteiger charge is 2.29. The molecule has 94 valence electrons. The third kappa shape index (κ3) is 3.20. The van der Waals surface area contributed by atoms with E-state index in [1.807, 2.05) is 12.1 Å². The van der Waals surface area contributed by atoms with Crippen molar-refractivity contribution in [3.63, 3.8) is 0 Å². The smallest absolute Gasteiger partial charge is 0.115 e. The van der Waals surface area contributed by atoms with Gasteiger partial charge in [0, 0.05) is 31.2 Å². The molecule has 2 rings (SSSR count). The molecule has 17 heavy (non-hydrogen) atoms. The lowest BCUT2D eigenvalue weighted by atomic mass is 9.98. The molecule has 3 heteroatoms. The van der Waals surface area contributed by atoms with Gasteiger partial charge in [0.25, 0.3) is 0 Å². The monoisotopic (exact) mass is 234 g/mol. The van der Waals surface area contributed by atoms with Crippen LogP contribution in [0.2, 0.25) is 0 Å². The maximum atomic E-state index is 9.27. The summed E-state index contributed by atoms with van der Waals surface area (Å²) >= 11 is 0. The number of phenolic OH excluding ortho intramolecular Hbond substituents is 1. The molecular weight excluding hydrogens is 212 g/mol. The van der Waals surface area contributed by atoms with Crippen molar-refractivity contribution in [2.24, 2.45) is 0 Å². The Balaban J connectivity index is 2.04. The first-order valence-electron chi connectivity index (χ1n) is 6.23. The number of hydrogen-bond donors (Lipinski definition) is 2. The average Bonchev–Trinajstić information content (AvgIpc) is 2.26. The summed E-state index contributed by atoms with van der Waals surface area (Å²) in [6.45, 7) is 9.76. The number of benzene rings is 1. The van der Waals surface area contributed by atoms with E-state index >= 15 is 0 Å². The molecule has 1 unspecified atom stereocenters. The fourth-order valence-corrected chi connectivity index (χ4v) is 2.32. The van der Waals surface area contributed by atoms with E-state index in [1.165, 1.54) is 5.56 Å². The molecule has 0 saturated carbocycles. The van der Waals surface area contributed by atoms with Crippen molar-refractivity contribution in [3.8, 4) is 5.75 Å². The molecule has 1 aliphatic rings. The molecule has 2 N–H and O–H groups in total. The molecule has 0 bridgehead atoms. The average molecular weight is 234 g/mol. The fourth-order valence-electron chi connectivity index (χ4n) is 2.32. The van der Waals surface area contributed by atoms with Gasteiger partial charge in [-0.3, -0.25) is 4.90 Å².